The van der Waals surface area contributed by atoms with E-state index in [-0.39, 0.29) is 11.4 Å². The van der Waals surface area contributed by atoms with Gasteiger partial charge in [-0.15, -0.1) is 5.10 Å². The SMILES string of the molecule is CCCc1cn(-c2ccccc2F)c(=O)n1CCc1ccc(-c2ccccc2-c2nnn[nH]2)cn1. The van der Waals surface area contributed by atoms with Crippen molar-refractivity contribution in [3.8, 4) is 28.2 Å². The van der Waals surface area contributed by atoms with Gasteiger partial charge in [0.25, 0.3) is 0 Å². The van der Waals surface area contributed by atoms with Crippen LogP contribution in [0.1, 0.15) is 24.7 Å². The highest BCUT2D eigenvalue weighted by molar-refractivity contribution is 5.79. The summed E-state index contributed by atoms with van der Waals surface area (Å²) in [6, 6.07) is 18.1. The molecule has 0 unspecified atom stereocenters. The van der Waals surface area contributed by atoms with Crippen LogP contribution >= 0.6 is 0 Å². The van der Waals surface area contributed by atoms with Gasteiger partial charge in [0.05, 0.1) is 5.69 Å². The van der Waals surface area contributed by atoms with Crippen LogP contribution in [0.4, 0.5) is 4.39 Å². The number of hydrogen-bond acceptors (Lipinski definition) is 5. The molecule has 5 aromatic rings. The minimum Gasteiger partial charge on any atom is -0.296 e. The second kappa shape index (κ2) is 9.84. The molecule has 8 nitrogen and oxygen atoms in total. The van der Waals surface area contributed by atoms with Gasteiger partial charge >= 0.3 is 5.69 Å². The Morgan fingerprint density at radius 2 is 1.77 bits per heavy atom. The first-order chi connectivity index (χ1) is 17.2. The number of tetrazole rings is 1. The first kappa shape index (κ1) is 22.4. The summed E-state index contributed by atoms with van der Waals surface area (Å²) in [5.74, 6) is 0.167. The number of rotatable bonds is 8. The highest BCUT2D eigenvalue weighted by atomic mass is 19.1. The van der Waals surface area contributed by atoms with Gasteiger partial charge in [-0.05, 0) is 40.6 Å². The molecule has 176 valence electrons. The zero-order chi connectivity index (χ0) is 24.2. The molecule has 0 fully saturated rings. The minimum absolute atomic E-state index is 0.246. The number of nitrogens with one attached hydrogen (secondary N) is 1. The normalized spacial score (nSPS) is 11.1. The quantitative estimate of drug-likeness (QED) is 0.367. The third-order valence-corrected chi connectivity index (χ3v) is 5.93. The van der Waals surface area contributed by atoms with Crippen molar-refractivity contribution in [3.05, 3.63) is 101 Å². The molecule has 0 saturated carbocycles. The molecule has 0 aliphatic heterocycles. The van der Waals surface area contributed by atoms with E-state index in [0.717, 1.165) is 40.9 Å². The standard InChI is InChI=1S/C26H24FN7O/c1-2-7-20-17-34(24-11-6-5-10-23(24)27)26(35)33(20)15-14-19-13-12-18(16-28-19)21-8-3-4-9-22(21)25-29-31-32-30-25/h3-6,8-13,16-17H,2,7,14-15H2,1H3,(H,29,30,31,32). The molecule has 9 heteroatoms. The lowest BCUT2D eigenvalue weighted by Crippen LogP contribution is -2.25. The molecule has 0 saturated heterocycles. The number of H-pyrrole nitrogens is 1. The zero-order valence-electron chi connectivity index (χ0n) is 19.2. The van der Waals surface area contributed by atoms with Crippen LogP contribution in [0.25, 0.3) is 28.2 Å². The average molecular weight is 470 g/mol. The molecule has 0 bridgehead atoms. The first-order valence-electron chi connectivity index (χ1n) is 11.5. The van der Waals surface area contributed by atoms with E-state index >= 15 is 0 Å². The second-order valence-corrected chi connectivity index (χ2v) is 8.21. The predicted octanol–water partition coefficient (Wildman–Crippen LogP) is 4.22. The summed E-state index contributed by atoms with van der Waals surface area (Å²) in [6.07, 6.45) is 5.75. The van der Waals surface area contributed by atoms with Crippen LogP contribution < -0.4 is 5.69 Å². The summed E-state index contributed by atoms with van der Waals surface area (Å²) in [7, 11) is 0. The molecule has 3 heterocycles. The van der Waals surface area contributed by atoms with E-state index in [1.165, 1.54) is 10.6 Å². The smallest absolute Gasteiger partial charge is 0.296 e. The Morgan fingerprint density at radius 3 is 2.49 bits per heavy atom. The Morgan fingerprint density at radius 1 is 0.971 bits per heavy atom. The van der Waals surface area contributed by atoms with Gasteiger partial charge in [-0.3, -0.25) is 14.1 Å². The zero-order valence-corrected chi connectivity index (χ0v) is 19.2. The largest absolute Gasteiger partial charge is 0.333 e. The van der Waals surface area contributed by atoms with Crippen LogP contribution in [0.5, 0.6) is 0 Å². The number of para-hydroxylation sites is 1. The van der Waals surface area contributed by atoms with Gasteiger partial charge in [-0.2, -0.15) is 0 Å². The number of pyridine rings is 1. The molecular weight excluding hydrogens is 445 g/mol. The van der Waals surface area contributed by atoms with Gasteiger partial charge in [0.2, 0.25) is 0 Å². The van der Waals surface area contributed by atoms with Crippen LogP contribution in [0, 0.1) is 5.82 Å². The van der Waals surface area contributed by atoms with Gasteiger partial charge in [-0.25, -0.2) is 14.3 Å². The highest BCUT2D eigenvalue weighted by Crippen LogP contribution is 2.29. The number of halogens is 1. The van der Waals surface area contributed by atoms with Crippen LogP contribution in [-0.2, 0) is 19.4 Å². The number of hydrogen-bond donors (Lipinski definition) is 1. The van der Waals surface area contributed by atoms with Gasteiger partial charge in [0, 0.05) is 47.9 Å². The molecule has 35 heavy (non-hydrogen) atoms. The monoisotopic (exact) mass is 469 g/mol. The van der Waals surface area contributed by atoms with E-state index < -0.39 is 5.82 Å². The number of aromatic nitrogens is 7. The molecule has 3 aromatic heterocycles. The lowest BCUT2D eigenvalue weighted by molar-refractivity contribution is 0.602. The predicted molar refractivity (Wildman–Crippen MR) is 131 cm³/mol. The van der Waals surface area contributed by atoms with Crippen molar-refractivity contribution < 1.29 is 4.39 Å². The van der Waals surface area contributed by atoms with Gasteiger partial charge in [0.1, 0.15) is 5.82 Å². The summed E-state index contributed by atoms with van der Waals surface area (Å²) in [4.78, 5) is 17.8. The maximum atomic E-state index is 14.3. The molecule has 5 rings (SSSR count). The second-order valence-electron chi connectivity index (χ2n) is 8.21. The van der Waals surface area contributed by atoms with E-state index in [2.05, 4.69) is 32.5 Å². The van der Waals surface area contributed by atoms with Gasteiger partial charge in [0.15, 0.2) is 5.82 Å². The third kappa shape index (κ3) is 4.52. The van der Waals surface area contributed by atoms with Crippen molar-refractivity contribution in [2.75, 3.05) is 0 Å². The Labute approximate surface area is 201 Å². The van der Waals surface area contributed by atoms with Crippen molar-refractivity contribution in [2.24, 2.45) is 0 Å². The molecule has 0 spiro atoms. The Bertz CT molecular complexity index is 1490. The Balaban J connectivity index is 1.39. The van der Waals surface area contributed by atoms with Crippen LogP contribution in [0.3, 0.4) is 0 Å². The molecule has 2 aromatic carbocycles. The van der Waals surface area contributed by atoms with E-state index in [9.17, 15) is 9.18 Å². The molecule has 0 aliphatic carbocycles. The Hall–Kier alpha value is -4.40. The lowest BCUT2D eigenvalue weighted by atomic mass is 10.0. The first-order valence-corrected chi connectivity index (χ1v) is 11.5. The summed E-state index contributed by atoms with van der Waals surface area (Å²) < 4.78 is 17.5. The molecule has 1 N–H and O–H groups in total. The fourth-order valence-corrected chi connectivity index (χ4v) is 4.21. The molecule has 0 aliphatic rings. The van der Waals surface area contributed by atoms with Crippen molar-refractivity contribution in [1.82, 2.24) is 34.7 Å². The lowest BCUT2D eigenvalue weighted by Gasteiger charge is -2.09. The minimum atomic E-state index is -0.423. The van der Waals surface area contributed by atoms with E-state index in [1.54, 1.807) is 29.0 Å². The number of imidazole rings is 1. The van der Waals surface area contributed by atoms with Gasteiger partial charge in [-0.1, -0.05) is 55.8 Å². The molecular formula is C26H24FN7O. The number of nitrogens with zero attached hydrogens (tertiary/aromatic N) is 6. The van der Waals surface area contributed by atoms with Crippen molar-refractivity contribution in [2.45, 2.75) is 32.7 Å². The van der Waals surface area contributed by atoms with E-state index in [0.29, 0.717) is 18.8 Å². The summed E-state index contributed by atoms with van der Waals surface area (Å²) in [6.45, 7) is 2.52. The van der Waals surface area contributed by atoms with Gasteiger partial charge < -0.3 is 0 Å². The van der Waals surface area contributed by atoms with Crippen LogP contribution in [0.15, 0.2) is 77.9 Å². The van der Waals surface area contributed by atoms with Crippen LogP contribution in [0.2, 0.25) is 0 Å². The number of benzene rings is 2. The summed E-state index contributed by atoms with van der Waals surface area (Å²) in [5.41, 5.74) is 4.55. The third-order valence-electron chi connectivity index (χ3n) is 5.93. The van der Waals surface area contributed by atoms with Crippen molar-refractivity contribution in [1.29, 1.82) is 0 Å². The summed E-state index contributed by atoms with van der Waals surface area (Å²) >= 11 is 0. The van der Waals surface area contributed by atoms with E-state index in [4.69, 9.17) is 0 Å². The number of aromatic amines is 1. The van der Waals surface area contributed by atoms with Crippen molar-refractivity contribution in [3.63, 3.8) is 0 Å². The molecule has 0 radical (unpaired) electrons. The maximum Gasteiger partial charge on any atom is 0.333 e. The Kier molecular flexibility index (Phi) is 6.30. The van der Waals surface area contributed by atoms with Crippen molar-refractivity contribution >= 4 is 0 Å². The topological polar surface area (TPSA) is 94.3 Å². The maximum absolute atomic E-state index is 14.3. The fourth-order valence-electron chi connectivity index (χ4n) is 4.21. The van der Waals surface area contributed by atoms with Crippen LogP contribution in [-0.4, -0.2) is 34.7 Å². The van der Waals surface area contributed by atoms with E-state index in [1.807, 2.05) is 42.6 Å². The molecule has 0 amide bonds. The fraction of sp³-hybridized carbons (Fsp3) is 0.192. The molecule has 0 atom stereocenters. The summed E-state index contributed by atoms with van der Waals surface area (Å²) in [5, 5.41) is 14.2. The average Bonchev–Trinajstić information content (AvgIpc) is 3.53. The number of aryl methyl sites for hydroxylation is 2. The highest BCUT2D eigenvalue weighted by Gasteiger charge is 2.15.